The lowest BCUT2D eigenvalue weighted by molar-refractivity contribution is -0.118. The number of aryl methyl sites for hydroxylation is 1. The lowest BCUT2D eigenvalue weighted by Gasteiger charge is -2.28. The van der Waals surface area contributed by atoms with Crippen molar-refractivity contribution in [2.75, 3.05) is 17.0 Å². The normalized spacial score (nSPS) is 17.7. The summed E-state index contributed by atoms with van der Waals surface area (Å²) >= 11 is 12.6. The van der Waals surface area contributed by atoms with Gasteiger partial charge in [0, 0.05) is 40.9 Å². The number of ether oxygens (including phenoxy) is 2. The number of anilines is 2. The molecular weight excluding hydrogens is 558 g/mol. The predicted octanol–water partition coefficient (Wildman–Crippen LogP) is 6.64. The average Bonchev–Trinajstić information content (AvgIpc) is 3.64. The fourth-order valence-electron chi connectivity index (χ4n) is 5.49. The van der Waals surface area contributed by atoms with Crippen LogP contribution in [0, 0.1) is 19.8 Å². The third-order valence-corrected chi connectivity index (χ3v) is 8.14. The topological polar surface area (TPSA) is 80.7 Å². The van der Waals surface area contributed by atoms with Crippen LogP contribution >= 0.6 is 23.8 Å². The molecule has 2 aliphatic rings. The quantitative estimate of drug-likeness (QED) is 0.245. The molecule has 8 nitrogen and oxygen atoms in total. The fourth-order valence-corrected chi connectivity index (χ4v) is 6.06. The molecule has 1 amide bonds. The lowest BCUT2D eigenvalue weighted by Crippen LogP contribution is -2.29. The molecule has 6 rings (SSSR count). The standard InChI is InChI=1S/C31H30ClN5O3S/c1-17(2)30(38)34-24-10-8-20(14-23(24)32)37-29(28(35-31(37)41)25-7-5-6-12-33-25)22-13-18(3)36(19(22)4)21-9-11-26-27(15-21)40-16-39-26/h5-15,17,28-29H,16H2,1-4H3,(H,34,38)(H,35,41)/t28-,29+/m0/s1. The molecule has 0 radical (unpaired) electrons. The predicted molar refractivity (Wildman–Crippen MR) is 164 cm³/mol. The summed E-state index contributed by atoms with van der Waals surface area (Å²) in [5.41, 5.74) is 6.46. The second-order valence-corrected chi connectivity index (χ2v) is 11.3. The van der Waals surface area contributed by atoms with Crippen LogP contribution in [-0.4, -0.2) is 27.4 Å². The van der Waals surface area contributed by atoms with Crippen molar-refractivity contribution >= 4 is 46.2 Å². The van der Waals surface area contributed by atoms with Crippen molar-refractivity contribution in [2.24, 2.45) is 5.92 Å². The first-order valence-corrected chi connectivity index (χ1v) is 14.2. The van der Waals surface area contributed by atoms with Crippen LogP contribution in [0.15, 0.2) is 66.9 Å². The Morgan fingerprint density at radius 1 is 1.07 bits per heavy atom. The Morgan fingerprint density at radius 3 is 2.59 bits per heavy atom. The maximum Gasteiger partial charge on any atom is 0.231 e. The monoisotopic (exact) mass is 587 g/mol. The number of rotatable bonds is 6. The van der Waals surface area contributed by atoms with E-state index < -0.39 is 0 Å². The molecule has 210 valence electrons. The molecule has 0 unspecified atom stereocenters. The highest BCUT2D eigenvalue weighted by molar-refractivity contribution is 7.80. The molecule has 2 atom stereocenters. The minimum Gasteiger partial charge on any atom is -0.454 e. The number of carbonyl (C=O) groups excluding carboxylic acids is 1. The number of thiocarbonyl (C=S) groups is 1. The molecule has 2 N–H and O–H groups in total. The van der Waals surface area contributed by atoms with Crippen LogP contribution in [0.25, 0.3) is 5.69 Å². The molecule has 4 aromatic rings. The van der Waals surface area contributed by atoms with Crippen LogP contribution < -0.4 is 25.0 Å². The Hall–Kier alpha value is -4.08. The third kappa shape index (κ3) is 4.89. The molecule has 4 heterocycles. The molecule has 2 aromatic carbocycles. The van der Waals surface area contributed by atoms with E-state index in [0.29, 0.717) is 15.8 Å². The van der Waals surface area contributed by atoms with Crippen molar-refractivity contribution < 1.29 is 14.3 Å². The van der Waals surface area contributed by atoms with Gasteiger partial charge in [-0.05, 0) is 80.2 Å². The van der Waals surface area contributed by atoms with E-state index in [0.717, 1.165) is 45.5 Å². The highest BCUT2D eigenvalue weighted by Gasteiger charge is 2.42. The summed E-state index contributed by atoms with van der Waals surface area (Å²) in [6, 6.07) is 19.2. The lowest BCUT2D eigenvalue weighted by atomic mass is 9.96. The Kier molecular flexibility index (Phi) is 7.09. The first-order chi connectivity index (χ1) is 19.7. The highest BCUT2D eigenvalue weighted by atomic mass is 35.5. The molecule has 2 aliphatic heterocycles. The summed E-state index contributed by atoms with van der Waals surface area (Å²) in [4.78, 5) is 19.1. The number of hydrogen-bond acceptors (Lipinski definition) is 5. The van der Waals surface area contributed by atoms with E-state index in [1.165, 1.54) is 0 Å². The average molecular weight is 588 g/mol. The van der Waals surface area contributed by atoms with Crippen molar-refractivity contribution in [3.05, 3.63) is 94.5 Å². The second-order valence-electron chi connectivity index (χ2n) is 10.5. The number of pyridine rings is 1. The summed E-state index contributed by atoms with van der Waals surface area (Å²) in [5, 5.41) is 7.41. The number of fused-ring (bicyclic) bond motifs is 1. The van der Waals surface area contributed by atoms with Crippen LogP contribution in [0.1, 0.15) is 48.6 Å². The van der Waals surface area contributed by atoms with Gasteiger partial charge in [0.15, 0.2) is 16.6 Å². The fraction of sp³-hybridized carbons (Fsp3) is 0.258. The van der Waals surface area contributed by atoms with Crippen molar-refractivity contribution in [3.8, 4) is 17.2 Å². The first kappa shape index (κ1) is 27.1. The number of nitrogens with one attached hydrogen (secondary N) is 2. The molecule has 0 aliphatic carbocycles. The van der Waals surface area contributed by atoms with Gasteiger partial charge >= 0.3 is 0 Å². The number of hydrogen-bond donors (Lipinski definition) is 2. The SMILES string of the molecule is Cc1cc([C@@H]2[C@H](c3ccccn3)NC(=S)N2c2ccc(NC(=O)C(C)C)c(Cl)c2)c(C)n1-c1ccc2c(c1)OCO2. The molecule has 41 heavy (non-hydrogen) atoms. The van der Waals surface area contributed by atoms with Crippen molar-refractivity contribution in [1.82, 2.24) is 14.9 Å². The van der Waals surface area contributed by atoms with Gasteiger partial charge in [0.25, 0.3) is 0 Å². The minimum atomic E-state index is -0.224. The van der Waals surface area contributed by atoms with Gasteiger partial charge in [0.05, 0.1) is 28.5 Å². The largest absolute Gasteiger partial charge is 0.454 e. The van der Waals surface area contributed by atoms with E-state index in [-0.39, 0.29) is 30.7 Å². The van der Waals surface area contributed by atoms with E-state index in [4.69, 9.17) is 33.3 Å². The first-order valence-electron chi connectivity index (χ1n) is 13.4. The number of halogens is 1. The van der Waals surface area contributed by atoms with E-state index in [2.05, 4.69) is 45.0 Å². The number of benzene rings is 2. The van der Waals surface area contributed by atoms with Crippen LogP contribution in [0.5, 0.6) is 11.5 Å². The zero-order chi connectivity index (χ0) is 28.8. The van der Waals surface area contributed by atoms with Gasteiger partial charge in [-0.3, -0.25) is 9.78 Å². The van der Waals surface area contributed by atoms with Crippen molar-refractivity contribution in [1.29, 1.82) is 0 Å². The van der Waals surface area contributed by atoms with E-state index in [1.54, 1.807) is 6.20 Å². The maximum atomic E-state index is 12.3. The van der Waals surface area contributed by atoms with Crippen molar-refractivity contribution in [3.63, 3.8) is 0 Å². The van der Waals surface area contributed by atoms with Crippen LogP contribution in [0.4, 0.5) is 11.4 Å². The molecule has 0 saturated carbocycles. The Morgan fingerprint density at radius 2 is 1.85 bits per heavy atom. The molecule has 10 heteroatoms. The van der Waals surface area contributed by atoms with Gasteiger partial charge in [-0.25, -0.2) is 0 Å². The van der Waals surface area contributed by atoms with E-state index in [9.17, 15) is 4.79 Å². The molecule has 0 spiro atoms. The van der Waals surface area contributed by atoms with Gasteiger partial charge in [-0.1, -0.05) is 31.5 Å². The van der Waals surface area contributed by atoms with Gasteiger partial charge in [-0.15, -0.1) is 0 Å². The smallest absolute Gasteiger partial charge is 0.231 e. The van der Waals surface area contributed by atoms with E-state index in [1.807, 2.05) is 68.4 Å². The summed E-state index contributed by atoms with van der Waals surface area (Å²) < 4.78 is 13.4. The van der Waals surface area contributed by atoms with E-state index >= 15 is 0 Å². The number of amides is 1. The third-order valence-electron chi connectivity index (χ3n) is 7.51. The van der Waals surface area contributed by atoms with Gasteiger partial charge < -0.3 is 29.6 Å². The van der Waals surface area contributed by atoms with Crippen LogP contribution in [-0.2, 0) is 4.79 Å². The van der Waals surface area contributed by atoms with Crippen LogP contribution in [0.2, 0.25) is 5.02 Å². The number of carbonyl (C=O) groups is 1. The summed E-state index contributed by atoms with van der Waals surface area (Å²) in [7, 11) is 0. The summed E-state index contributed by atoms with van der Waals surface area (Å²) in [5.74, 6) is 1.22. The number of nitrogens with zero attached hydrogens (tertiary/aromatic N) is 3. The van der Waals surface area contributed by atoms with Gasteiger partial charge in [0.1, 0.15) is 0 Å². The molecule has 1 fully saturated rings. The summed E-state index contributed by atoms with van der Waals surface area (Å²) in [6.45, 7) is 8.11. The van der Waals surface area contributed by atoms with Gasteiger partial charge in [-0.2, -0.15) is 0 Å². The van der Waals surface area contributed by atoms with Crippen molar-refractivity contribution in [2.45, 2.75) is 39.8 Å². The van der Waals surface area contributed by atoms with Crippen LogP contribution in [0.3, 0.4) is 0 Å². The molecular formula is C31H30ClN5O3S. The number of aromatic nitrogens is 2. The minimum absolute atomic E-state index is 0.0953. The molecule has 0 bridgehead atoms. The summed E-state index contributed by atoms with van der Waals surface area (Å²) in [6.07, 6.45) is 1.79. The Labute approximate surface area is 249 Å². The second kappa shape index (κ2) is 10.7. The zero-order valence-corrected chi connectivity index (χ0v) is 24.7. The van der Waals surface area contributed by atoms with Gasteiger partial charge in [0.2, 0.25) is 12.7 Å². The Balaban J connectivity index is 1.44. The molecule has 1 saturated heterocycles. The molecule has 2 aromatic heterocycles. The zero-order valence-electron chi connectivity index (χ0n) is 23.1. The Bertz CT molecular complexity index is 1660. The highest BCUT2D eigenvalue weighted by Crippen LogP contribution is 2.45. The maximum absolute atomic E-state index is 12.3.